The first-order valence-corrected chi connectivity index (χ1v) is 5.84. The molecule has 0 fully saturated rings. The van der Waals surface area contributed by atoms with Crippen LogP contribution in [0.25, 0.3) is 11.2 Å². The minimum Gasteiger partial charge on any atom is -0.465 e. The van der Waals surface area contributed by atoms with Crippen LogP contribution in [0, 0.1) is 5.92 Å². The van der Waals surface area contributed by atoms with E-state index < -0.39 is 0 Å². The van der Waals surface area contributed by atoms with Crippen molar-refractivity contribution < 1.29 is 23.5 Å². The van der Waals surface area contributed by atoms with Gasteiger partial charge in [-0.15, -0.1) is 0 Å². The number of ether oxygens (including phenoxy) is 2. The summed E-state index contributed by atoms with van der Waals surface area (Å²) < 4.78 is 15.6. The lowest BCUT2D eigenvalue weighted by molar-refractivity contribution is -0.147. The van der Waals surface area contributed by atoms with Crippen LogP contribution in [0.4, 0.5) is 0 Å². The zero-order chi connectivity index (χ0) is 12.9. The second-order valence-electron chi connectivity index (χ2n) is 4.62. The van der Waals surface area contributed by atoms with Gasteiger partial charge in [-0.25, -0.2) is 4.79 Å². The highest BCUT2D eigenvalue weighted by molar-refractivity contribution is 6.09. The summed E-state index contributed by atoms with van der Waals surface area (Å²) in [5.74, 6) is -0.254. The van der Waals surface area contributed by atoms with E-state index in [9.17, 15) is 9.59 Å². The molecule has 0 radical (unpaired) electrons. The summed E-state index contributed by atoms with van der Waals surface area (Å²) in [5, 5.41) is 0. The van der Waals surface area contributed by atoms with Gasteiger partial charge in [0, 0.05) is 12.0 Å². The fourth-order valence-corrected chi connectivity index (χ4v) is 2.02. The summed E-state index contributed by atoms with van der Waals surface area (Å²) in [7, 11) is 0. The number of fused-ring (bicyclic) bond motifs is 1. The van der Waals surface area contributed by atoms with Crippen molar-refractivity contribution in [3.63, 3.8) is 0 Å². The van der Waals surface area contributed by atoms with Crippen molar-refractivity contribution in [1.29, 1.82) is 0 Å². The van der Waals surface area contributed by atoms with E-state index in [1.54, 1.807) is 19.9 Å². The Kier molecular flexibility index (Phi) is 2.29. The van der Waals surface area contributed by atoms with Gasteiger partial charge in [0.25, 0.3) is 0 Å². The zero-order valence-corrected chi connectivity index (χ0v) is 10.1. The van der Waals surface area contributed by atoms with E-state index in [1.165, 1.54) is 0 Å². The molecule has 2 aromatic rings. The first-order chi connectivity index (χ1) is 8.58. The normalized spacial score (nSPS) is 13.6. The maximum atomic E-state index is 11.4. The molecule has 18 heavy (non-hydrogen) atoms. The third-order valence-corrected chi connectivity index (χ3v) is 2.99. The standard InChI is InChI=1S/C13H12O5/c1-6(2)12(14)16-4-3-7-9-5-8-11(17-9)10(7)18-13(8)15/h5-6H,3-4H2,1-2H3. The van der Waals surface area contributed by atoms with E-state index in [2.05, 4.69) is 0 Å². The van der Waals surface area contributed by atoms with Crippen molar-refractivity contribution in [2.24, 2.45) is 5.92 Å². The molecule has 5 heteroatoms. The lowest BCUT2D eigenvalue weighted by Crippen LogP contribution is -2.13. The fourth-order valence-electron chi connectivity index (χ4n) is 2.02. The highest BCUT2D eigenvalue weighted by atomic mass is 16.6. The van der Waals surface area contributed by atoms with Crippen LogP contribution < -0.4 is 4.74 Å². The van der Waals surface area contributed by atoms with Crippen molar-refractivity contribution in [3.8, 4) is 5.75 Å². The van der Waals surface area contributed by atoms with Gasteiger partial charge in [-0.3, -0.25) is 4.79 Å². The summed E-state index contributed by atoms with van der Waals surface area (Å²) in [6.45, 7) is 3.82. The molecule has 1 aliphatic rings. The molecule has 0 aromatic carbocycles. The Morgan fingerprint density at radius 2 is 2.22 bits per heavy atom. The minimum atomic E-state index is -0.371. The van der Waals surface area contributed by atoms with Gasteiger partial charge < -0.3 is 13.9 Å². The largest absolute Gasteiger partial charge is 0.465 e. The van der Waals surface area contributed by atoms with Crippen LogP contribution in [0.5, 0.6) is 5.75 Å². The molecular weight excluding hydrogens is 236 g/mol. The van der Waals surface area contributed by atoms with Crippen LogP contribution in [0.1, 0.15) is 29.8 Å². The Morgan fingerprint density at radius 3 is 2.94 bits per heavy atom. The van der Waals surface area contributed by atoms with E-state index >= 15 is 0 Å². The van der Waals surface area contributed by atoms with E-state index in [-0.39, 0.29) is 24.5 Å². The first-order valence-electron chi connectivity index (χ1n) is 5.84. The van der Waals surface area contributed by atoms with Gasteiger partial charge in [0.1, 0.15) is 11.1 Å². The molecule has 0 spiro atoms. The summed E-state index contributed by atoms with van der Waals surface area (Å²) in [6, 6.07) is 1.67. The Bertz CT molecular complexity index is 622. The lowest BCUT2D eigenvalue weighted by atomic mass is 10.1. The molecule has 5 nitrogen and oxygen atoms in total. The Hall–Kier alpha value is -2.04. The number of esters is 2. The summed E-state index contributed by atoms with van der Waals surface area (Å²) in [5.41, 5.74) is 2.45. The van der Waals surface area contributed by atoms with E-state index in [4.69, 9.17) is 13.9 Å². The Labute approximate surface area is 103 Å². The first kappa shape index (κ1) is 11.1. The van der Waals surface area contributed by atoms with Crippen molar-refractivity contribution >= 4 is 23.1 Å². The maximum absolute atomic E-state index is 11.4. The van der Waals surface area contributed by atoms with Crippen molar-refractivity contribution in [3.05, 3.63) is 17.2 Å². The molecule has 0 atom stereocenters. The summed E-state index contributed by atoms with van der Waals surface area (Å²) in [6.07, 6.45) is 0.490. The molecule has 94 valence electrons. The number of hydrogen-bond donors (Lipinski definition) is 0. The average Bonchev–Trinajstić information content (AvgIpc) is 2.92. The third-order valence-electron chi connectivity index (χ3n) is 2.99. The molecule has 0 amide bonds. The number of rotatable bonds is 4. The highest BCUT2D eigenvalue weighted by Gasteiger charge is 2.34. The number of hydrogen-bond acceptors (Lipinski definition) is 5. The van der Waals surface area contributed by atoms with Crippen LogP contribution >= 0.6 is 0 Å². The SMILES string of the molecule is CC(C)C(=O)OCCc1c2c3oc1cc3C(=O)O2. The molecule has 0 unspecified atom stereocenters. The number of carbonyl (C=O) groups is 2. The highest BCUT2D eigenvalue weighted by Crippen LogP contribution is 2.43. The predicted molar refractivity (Wildman–Crippen MR) is 61.9 cm³/mol. The van der Waals surface area contributed by atoms with Gasteiger partial charge in [0.05, 0.1) is 12.5 Å². The van der Waals surface area contributed by atoms with E-state index in [0.717, 1.165) is 5.56 Å². The van der Waals surface area contributed by atoms with Crippen LogP contribution in [0.3, 0.4) is 0 Å². The fraction of sp³-hybridized carbons (Fsp3) is 0.385. The zero-order valence-electron chi connectivity index (χ0n) is 10.1. The van der Waals surface area contributed by atoms with E-state index in [1.807, 2.05) is 0 Å². The molecule has 3 rings (SSSR count). The quantitative estimate of drug-likeness (QED) is 0.775. The molecule has 0 saturated carbocycles. The molecule has 0 saturated heterocycles. The number of carbonyl (C=O) groups excluding carboxylic acids is 2. The molecule has 1 aliphatic heterocycles. The minimum absolute atomic E-state index is 0.142. The topological polar surface area (TPSA) is 65.7 Å². The monoisotopic (exact) mass is 248 g/mol. The predicted octanol–water partition coefficient (Wildman–Crippen LogP) is 2.14. The Morgan fingerprint density at radius 1 is 1.44 bits per heavy atom. The van der Waals surface area contributed by atoms with Gasteiger partial charge in [0.2, 0.25) is 0 Å². The van der Waals surface area contributed by atoms with Crippen molar-refractivity contribution in [1.82, 2.24) is 0 Å². The molecule has 0 aliphatic carbocycles. The van der Waals surface area contributed by atoms with Crippen LogP contribution in [-0.4, -0.2) is 18.5 Å². The van der Waals surface area contributed by atoms with E-state index in [0.29, 0.717) is 28.9 Å². The molecular formula is C13H12O5. The number of benzene rings is 1. The van der Waals surface area contributed by atoms with Gasteiger partial charge in [0.15, 0.2) is 11.3 Å². The maximum Gasteiger partial charge on any atom is 0.347 e. The smallest absolute Gasteiger partial charge is 0.347 e. The second kappa shape index (κ2) is 3.73. The van der Waals surface area contributed by atoms with Crippen molar-refractivity contribution in [2.45, 2.75) is 20.3 Å². The molecule has 2 bridgehead atoms. The van der Waals surface area contributed by atoms with Gasteiger partial charge in [-0.1, -0.05) is 13.8 Å². The van der Waals surface area contributed by atoms with Gasteiger partial charge in [-0.05, 0) is 6.07 Å². The van der Waals surface area contributed by atoms with Crippen LogP contribution in [0.15, 0.2) is 10.5 Å². The average molecular weight is 248 g/mol. The Balaban J connectivity index is 1.71. The van der Waals surface area contributed by atoms with Crippen LogP contribution in [0.2, 0.25) is 0 Å². The molecule has 0 N–H and O–H groups in total. The number of furan rings is 2. The second-order valence-corrected chi connectivity index (χ2v) is 4.62. The molecule has 3 heterocycles. The molecule has 2 aromatic heterocycles. The van der Waals surface area contributed by atoms with Gasteiger partial charge in [-0.2, -0.15) is 0 Å². The van der Waals surface area contributed by atoms with Gasteiger partial charge >= 0.3 is 11.9 Å². The third kappa shape index (κ3) is 1.47. The lowest BCUT2D eigenvalue weighted by Gasteiger charge is -2.06. The summed E-state index contributed by atoms with van der Waals surface area (Å²) >= 11 is 0. The van der Waals surface area contributed by atoms with Crippen molar-refractivity contribution in [2.75, 3.05) is 6.61 Å². The summed E-state index contributed by atoms with van der Waals surface area (Å²) in [4.78, 5) is 22.7. The van der Waals surface area contributed by atoms with Crippen LogP contribution in [-0.2, 0) is 16.0 Å².